The van der Waals surface area contributed by atoms with Crippen LogP contribution >= 0.6 is 0 Å². The Balaban J connectivity index is 2.32. The molecule has 0 saturated heterocycles. The monoisotopic (exact) mass is 168 g/mol. The average Bonchev–Trinajstić information content (AvgIpc) is 2.37. The van der Waals surface area contributed by atoms with Gasteiger partial charge in [-0.2, -0.15) is 0 Å². The largest absolute Gasteiger partial charge is 0.326 e. The van der Waals surface area contributed by atoms with Gasteiger partial charge in [0, 0.05) is 12.2 Å². The van der Waals surface area contributed by atoms with E-state index in [9.17, 15) is 0 Å². The zero-order valence-electron chi connectivity index (χ0n) is 7.64. The minimum atomic E-state index is 0.187. The second-order valence-corrected chi connectivity index (χ2v) is 3.51. The van der Waals surface area contributed by atoms with Crippen molar-refractivity contribution in [2.45, 2.75) is 32.9 Å². The maximum Gasteiger partial charge on any atom is 0.0692 e. The molecule has 68 valence electrons. The normalized spacial score (nSPS) is 13.7. The van der Waals surface area contributed by atoms with Gasteiger partial charge in [-0.3, -0.25) is 4.68 Å². The van der Waals surface area contributed by atoms with Gasteiger partial charge in [0.25, 0.3) is 0 Å². The number of rotatable bonds is 4. The molecule has 1 rings (SSSR count). The van der Waals surface area contributed by atoms with E-state index in [0.29, 0.717) is 5.92 Å². The van der Waals surface area contributed by atoms with Crippen molar-refractivity contribution in [3.05, 3.63) is 12.4 Å². The van der Waals surface area contributed by atoms with Crippen molar-refractivity contribution in [1.82, 2.24) is 15.0 Å². The summed E-state index contributed by atoms with van der Waals surface area (Å²) in [4.78, 5) is 0. The van der Waals surface area contributed by atoms with Gasteiger partial charge in [-0.05, 0) is 12.3 Å². The van der Waals surface area contributed by atoms with Crippen molar-refractivity contribution in [1.29, 1.82) is 0 Å². The summed E-state index contributed by atoms with van der Waals surface area (Å²) in [5.74, 6) is 0.642. The number of nitrogens with two attached hydrogens (primary N) is 1. The lowest BCUT2D eigenvalue weighted by molar-refractivity contribution is 0.423. The van der Waals surface area contributed by atoms with Gasteiger partial charge in [0.2, 0.25) is 0 Å². The highest BCUT2D eigenvalue weighted by molar-refractivity contribution is 4.69. The smallest absolute Gasteiger partial charge is 0.0692 e. The molecule has 0 aliphatic heterocycles. The van der Waals surface area contributed by atoms with E-state index in [2.05, 4.69) is 24.2 Å². The van der Waals surface area contributed by atoms with E-state index in [0.717, 1.165) is 13.0 Å². The minimum absolute atomic E-state index is 0.187. The molecule has 0 amide bonds. The molecule has 12 heavy (non-hydrogen) atoms. The second kappa shape index (κ2) is 4.21. The van der Waals surface area contributed by atoms with Crippen molar-refractivity contribution in [2.24, 2.45) is 11.7 Å². The number of aromatic nitrogens is 3. The highest BCUT2D eigenvalue weighted by Crippen LogP contribution is 2.03. The Kier molecular flexibility index (Phi) is 3.22. The minimum Gasteiger partial charge on any atom is -0.326 e. The van der Waals surface area contributed by atoms with Gasteiger partial charge >= 0.3 is 0 Å². The van der Waals surface area contributed by atoms with Crippen LogP contribution in [0.2, 0.25) is 0 Å². The van der Waals surface area contributed by atoms with Gasteiger partial charge in [-0.25, -0.2) is 0 Å². The van der Waals surface area contributed by atoms with E-state index in [-0.39, 0.29) is 6.04 Å². The molecule has 1 aromatic rings. The first-order valence-corrected chi connectivity index (χ1v) is 4.28. The van der Waals surface area contributed by atoms with Crippen molar-refractivity contribution < 1.29 is 0 Å². The standard InChI is InChI=1S/C8H16N4/c1-7(2)5-8(9)6-12-4-3-10-11-12/h3-4,7-8H,5-6,9H2,1-2H3. The summed E-state index contributed by atoms with van der Waals surface area (Å²) >= 11 is 0. The van der Waals surface area contributed by atoms with E-state index in [1.54, 1.807) is 10.9 Å². The molecule has 1 heterocycles. The third-order valence-electron chi connectivity index (χ3n) is 1.67. The van der Waals surface area contributed by atoms with Gasteiger partial charge in [0.1, 0.15) is 0 Å². The molecule has 4 heteroatoms. The molecule has 2 N–H and O–H groups in total. The van der Waals surface area contributed by atoms with Crippen LogP contribution in [0.4, 0.5) is 0 Å². The lowest BCUT2D eigenvalue weighted by Gasteiger charge is -2.12. The molecule has 0 aliphatic carbocycles. The maximum absolute atomic E-state index is 5.88. The molecule has 0 saturated carbocycles. The Labute approximate surface area is 72.8 Å². The van der Waals surface area contributed by atoms with E-state index >= 15 is 0 Å². The number of hydrogen-bond acceptors (Lipinski definition) is 3. The summed E-state index contributed by atoms with van der Waals surface area (Å²) in [6, 6.07) is 0.187. The molecular weight excluding hydrogens is 152 g/mol. The molecular formula is C8H16N4. The molecule has 0 radical (unpaired) electrons. The third-order valence-corrected chi connectivity index (χ3v) is 1.67. The molecule has 0 bridgehead atoms. The molecule has 0 aliphatic rings. The Morgan fingerprint density at radius 3 is 2.75 bits per heavy atom. The van der Waals surface area contributed by atoms with E-state index < -0.39 is 0 Å². The second-order valence-electron chi connectivity index (χ2n) is 3.51. The lowest BCUT2D eigenvalue weighted by Crippen LogP contribution is -2.28. The van der Waals surface area contributed by atoms with Gasteiger partial charge in [0.15, 0.2) is 0 Å². The van der Waals surface area contributed by atoms with Gasteiger partial charge in [-0.1, -0.05) is 19.1 Å². The van der Waals surface area contributed by atoms with Crippen molar-refractivity contribution in [2.75, 3.05) is 0 Å². The van der Waals surface area contributed by atoms with E-state index in [4.69, 9.17) is 5.73 Å². The molecule has 4 nitrogen and oxygen atoms in total. The molecule has 0 aromatic carbocycles. The van der Waals surface area contributed by atoms with Gasteiger partial charge in [0.05, 0.1) is 12.7 Å². The zero-order valence-corrected chi connectivity index (χ0v) is 7.64. The topological polar surface area (TPSA) is 56.7 Å². The Bertz CT molecular complexity index is 205. The SMILES string of the molecule is CC(C)CC(N)Cn1ccnn1. The highest BCUT2D eigenvalue weighted by atomic mass is 15.4. The summed E-state index contributed by atoms with van der Waals surface area (Å²) in [6.07, 6.45) is 4.53. The first-order valence-electron chi connectivity index (χ1n) is 4.28. The van der Waals surface area contributed by atoms with Crippen LogP contribution in [0.5, 0.6) is 0 Å². The van der Waals surface area contributed by atoms with Crippen LogP contribution < -0.4 is 5.73 Å². The van der Waals surface area contributed by atoms with Gasteiger partial charge < -0.3 is 5.73 Å². The zero-order chi connectivity index (χ0) is 8.97. The predicted molar refractivity (Wildman–Crippen MR) is 47.5 cm³/mol. The highest BCUT2D eigenvalue weighted by Gasteiger charge is 2.05. The molecule has 1 atom stereocenters. The Morgan fingerprint density at radius 1 is 1.50 bits per heavy atom. The number of nitrogens with zero attached hydrogens (tertiary/aromatic N) is 3. The maximum atomic E-state index is 5.88. The molecule has 0 fully saturated rings. The summed E-state index contributed by atoms with van der Waals surface area (Å²) in [6.45, 7) is 5.10. The third kappa shape index (κ3) is 3.00. The van der Waals surface area contributed by atoms with E-state index in [1.807, 2.05) is 6.20 Å². The van der Waals surface area contributed by atoms with Crippen LogP contribution in [-0.4, -0.2) is 21.0 Å². The quantitative estimate of drug-likeness (QED) is 0.718. The van der Waals surface area contributed by atoms with Crippen LogP contribution in [0.3, 0.4) is 0 Å². The average molecular weight is 168 g/mol. The fourth-order valence-electron chi connectivity index (χ4n) is 1.25. The molecule has 0 spiro atoms. The van der Waals surface area contributed by atoms with Crippen LogP contribution in [0.25, 0.3) is 0 Å². The van der Waals surface area contributed by atoms with Crippen LogP contribution in [0.1, 0.15) is 20.3 Å². The first kappa shape index (κ1) is 9.19. The molecule has 1 aromatic heterocycles. The van der Waals surface area contributed by atoms with E-state index in [1.165, 1.54) is 0 Å². The van der Waals surface area contributed by atoms with Crippen molar-refractivity contribution >= 4 is 0 Å². The Morgan fingerprint density at radius 2 is 2.25 bits per heavy atom. The lowest BCUT2D eigenvalue weighted by atomic mass is 10.1. The Hall–Kier alpha value is -0.900. The fraction of sp³-hybridized carbons (Fsp3) is 0.750. The van der Waals surface area contributed by atoms with Crippen LogP contribution in [0, 0.1) is 5.92 Å². The fourth-order valence-corrected chi connectivity index (χ4v) is 1.25. The van der Waals surface area contributed by atoms with Gasteiger partial charge in [-0.15, -0.1) is 5.10 Å². The van der Waals surface area contributed by atoms with Crippen LogP contribution in [0.15, 0.2) is 12.4 Å². The van der Waals surface area contributed by atoms with Crippen LogP contribution in [-0.2, 0) is 6.54 Å². The summed E-state index contributed by atoms with van der Waals surface area (Å²) in [5.41, 5.74) is 5.88. The van der Waals surface area contributed by atoms with Crippen molar-refractivity contribution in [3.63, 3.8) is 0 Å². The molecule has 1 unspecified atom stereocenters. The summed E-state index contributed by atoms with van der Waals surface area (Å²) in [7, 11) is 0. The summed E-state index contributed by atoms with van der Waals surface area (Å²) < 4.78 is 1.77. The summed E-state index contributed by atoms with van der Waals surface area (Å²) in [5, 5.41) is 7.56. The number of hydrogen-bond donors (Lipinski definition) is 1. The van der Waals surface area contributed by atoms with Crippen molar-refractivity contribution in [3.8, 4) is 0 Å². The first-order chi connectivity index (χ1) is 5.68. The predicted octanol–water partition coefficient (Wildman–Crippen LogP) is 0.652.